The molecule has 10 aromatic rings. The topological polar surface area (TPSA) is 23.0 Å². The van der Waals surface area contributed by atoms with Crippen LogP contribution in [0.15, 0.2) is 150 Å². The Bertz CT molecular complexity index is 2730. The number of nitrogens with zero attached hydrogens (tertiary/aromatic N) is 2. The summed E-state index contributed by atoms with van der Waals surface area (Å²) in [5.41, 5.74) is 8.81. The minimum absolute atomic E-state index is 0.907. The van der Waals surface area contributed by atoms with Gasteiger partial charge in [0.2, 0.25) is 0 Å². The van der Waals surface area contributed by atoms with Crippen LogP contribution in [-0.2, 0) is 0 Å². The van der Waals surface area contributed by atoms with Gasteiger partial charge in [0.1, 0.15) is 5.58 Å². The molecule has 0 aliphatic rings. The molecule has 3 nitrogen and oxygen atoms in total. The molecule has 10 rings (SSSR count). The molecular weight excluding hydrogens is 524 g/mol. The zero-order chi connectivity index (χ0) is 28.1. The summed E-state index contributed by atoms with van der Waals surface area (Å²) < 4.78 is 11.4. The van der Waals surface area contributed by atoms with E-state index in [-0.39, 0.29) is 0 Å². The Morgan fingerprint density at radius 1 is 0.349 bits per heavy atom. The van der Waals surface area contributed by atoms with Crippen molar-refractivity contribution in [3.05, 3.63) is 146 Å². The number of para-hydroxylation sites is 4. The third kappa shape index (κ3) is 2.98. The number of furan rings is 1. The molecule has 200 valence electrons. The van der Waals surface area contributed by atoms with Gasteiger partial charge in [0.15, 0.2) is 5.58 Å². The maximum Gasteiger partial charge on any atom is 0.159 e. The number of fused-ring (bicyclic) bond motifs is 11. The van der Waals surface area contributed by atoms with Crippen LogP contribution in [0.3, 0.4) is 0 Å². The van der Waals surface area contributed by atoms with Gasteiger partial charge in [0.25, 0.3) is 0 Å². The van der Waals surface area contributed by atoms with Crippen LogP contribution in [0.1, 0.15) is 0 Å². The van der Waals surface area contributed by atoms with Gasteiger partial charge in [0.05, 0.1) is 33.4 Å². The number of benzene rings is 7. The summed E-state index contributed by atoms with van der Waals surface area (Å²) in [5.74, 6) is 0. The molecule has 3 heterocycles. The second-order valence-corrected chi connectivity index (χ2v) is 11.3. The summed E-state index contributed by atoms with van der Waals surface area (Å²) in [7, 11) is 0. The molecule has 7 aromatic carbocycles. The fourth-order valence-electron chi connectivity index (χ4n) is 7.35. The Kier molecular flexibility index (Phi) is 4.45. The van der Waals surface area contributed by atoms with Crippen molar-refractivity contribution in [2.24, 2.45) is 0 Å². The van der Waals surface area contributed by atoms with Crippen molar-refractivity contribution < 1.29 is 4.42 Å². The number of rotatable bonds is 2. The molecule has 0 amide bonds. The molecule has 0 fully saturated rings. The second-order valence-electron chi connectivity index (χ2n) is 11.3. The van der Waals surface area contributed by atoms with Crippen LogP contribution in [0, 0.1) is 0 Å². The lowest BCUT2D eigenvalue weighted by Gasteiger charge is -2.12. The van der Waals surface area contributed by atoms with Crippen molar-refractivity contribution in [1.29, 1.82) is 0 Å². The predicted octanol–water partition coefficient (Wildman–Crippen LogP) is 10.9. The van der Waals surface area contributed by atoms with E-state index in [1.54, 1.807) is 0 Å². The van der Waals surface area contributed by atoms with E-state index < -0.39 is 0 Å². The smallest absolute Gasteiger partial charge is 0.159 e. The standard InChI is InChI=1S/C40H24N2O/c1-2-13-26-25(11-1)12-9-20-31(26)41-32-18-6-3-15-29(32)38-34(41)23-24-35-39(38)30-16-4-7-19-33(30)42(35)36-21-10-17-28-27-14-5-8-22-37(27)43-40(28)36/h1-24H. The molecule has 0 aliphatic heterocycles. The van der Waals surface area contributed by atoms with Gasteiger partial charge in [-0.3, -0.25) is 0 Å². The van der Waals surface area contributed by atoms with Gasteiger partial charge in [-0.2, -0.15) is 0 Å². The largest absolute Gasteiger partial charge is 0.454 e. The van der Waals surface area contributed by atoms with Gasteiger partial charge >= 0.3 is 0 Å². The molecule has 0 saturated heterocycles. The molecule has 43 heavy (non-hydrogen) atoms. The zero-order valence-corrected chi connectivity index (χ0v) is 23.2. The molecule has 0 bridgehead atoms. The summed E-state index contributed by atoms with van der Waals surface area (Å²) in [6.45, 7) is 0. The number of hydrogen-bond acceptors (Lipinski definition) is 1. The van der Waals surface area contributed by atoms with Gasteiger partial charge in [-0.25, -0.2) is 0 Å². The van der Waals surface area contributed by atoms with Gasteiger partial charge in [-0.05, 0) is 47.9 Å². The monoisotopic (exact) mass is 548 g/mol. The number of aromatic nitrogens is 2. The van der Waals surface area contributed by atoms with Gasteiger partial charge in [-0.15, -0.1) is 0 Å². The van der Waals surface area contributed by atoms with Crippen LogP contribution in [0.4, 0.5) is 0 Å². The van der Waals surface area contributed by atoms with Crippen molar-refractivity contribution in [3.63, 3.8) is 0 Å². The Hall–Kier alpha value is -5.80. The third-order valence-corrected chi connectivity index (χ3v) is 9.10. The van der Waals surface area contributed by atoms with E-state index in [2.05, 4.69) is 149 Å². The summed E-state index contributed by atoms with van der Waals surface area (Å²) in [6.07, 6.45) is 0. The van der Waals surface area contributed by atoms with Gasteiger partial charge in [0, 0.05) is 37.7 Å². The van der Waals surface area contributed by atoms with E-state index in [1.165, 1.54) is 60.1 Å². The van der Waals surface area contributed by atoms with Crippen LogP contribution in [0.25, 0.3) is 87.7 Å². The fraction of sp³-hybridized carbons (Fsp3) is 0. The van der Waals surface area contributed by atoms with Crippen molar-refractivity contribution in [2.45, 2.75) is 0 Å². The van der Waals surface area contributed by atoms with Crippen molar-refractivity contribution in [2.75, 3.05) is 0 Å². The molecule has 0 radical (unpaired) electrons. The molecule has 0 N–H and O–H groups in total. The Balaban J connectivity index is 1.39. The molecule has 0 aliphatic carbocycles. The fourth-order valence-corrected chi connectivity index (χ4v) is 7.35. The zero-order valence-electron chi connectivity index (χ0n) is 23.2. The lowest BCUT2D eigenvalue weighted by atomic mass is 10.1. The minimum Gasteiger partial charge on any atom is -0.454 e. The summed E-state index contributed by atoms with van der Waals surface area (Å²) in [5, 5.41) is 9.77. The minimum atomic E-state index is 0.907. The van der Waals surface area contributed by atoms with E-state index in [0.29, 0.717) is 0 Å². The normalized spacial score (nSPS) is 12.2. The highest BCUT2D eigenvalue weighted by atomic mass is 16.3. The first-order chi connectivity index (χ1) is 21.4. The van der Waals surface area contributed by atoms with Crippen LogP contribution in [0.2, 0.25) is 0 Å². The Morgan fingerprint density at radius 2 is 0.860 bits per heavy atom. The first-order valence-corrected chi connectivity index (χ1v) is 14.7. The summed E-state index contributed by atoms with van der Waals surface area (Å²) in [6, 6.07) is 52.2. The van der Waals surface area contributed by atoms with Crippen molar-refractivity contribution >= 4 is 76.3 Å². The first kappa shape index (κ1) is 22.8. The quantitative estimate of drug-likeness (QED) is 0.211. The summed E-state index contributed by atoms with van der Waals surface area (Å²) in [4.78, 5) is 0. The van der Waals surface area contributed by atoms with Gasteiger partial charge < -0.3 is 13.6 Å². The van der Waals surface area contributed by atoms with E-state index in [1.807, 2.05) is 6.07 Å². The first-order valence-electron chi connectivity index (χ1n) is 14.7. The van der Waals surface area contributed by atoms with Crippen molar-refractivity contribution in [1.82, 2.24) is 9.13 Å². The van der Waals surface area contributed by atoms with Crippen LogP contribution in [-0.4, -0.2) is 9.13 Å². The SMILES string of the molecule is c1ccc2c(-n3c4ccccc4c4c5c6ccccc6n(-c6cccc7c6oc6ccccc67)c5ccc43)cccc2c1. The van der Waals surface area contributed by atoms with E-state index in [0.717, 1.165) is 27.6 Å². The average molecular weight is 549 g/mol. The molecule has 3 aromatic heterocycles. The molecule has 3 heteroatoms. The molecule has 0 unspecified atom stereocenters. The Labute approximate surface area is 246 Å². The maximum atomic E-state index is 6.54. The lowest BCUT2D eigenvalue weighted by Crippen LogP contribution is -1.96. The van der Waals surface area contributed by atoms with E-state index >= 15 is 0 Å². The molecule has 0 atom stereocenters. The third-order valence-electron chi connectivity index (χ3n) is 9.10. The van der Waals surface area contributed by atoms with Crippen molar-refractivity contribution in [3.8, 4) is 11.4 Å². The predicted molar refractivity (Wildman–Crippen MR) is 180 cm³/mol. The molecular formula is C40H24N2O. The molecule has 0 saturated carbocycles. The average Bonchev–Trinajstić information content (AvgIpc) is 3.72. The van der Waals surface area contributed by atoms with Crippen LogP contribution < -0.4 is 0 Å². The van der Waals surface area contributed by atoms with E-state index in [4.69, 9.17) is 4.42 Å². The highest BCUT2D eigenvalue weighted by Crippen LogP contribution is 2.44. The second kappa shape index (κ2) is 8.37. The Morgan fingerprint density at radius 3 is 1.60 bits per heavy atom. The summed E-state index contributed by atoms with van der Waals surface area (Å²) >= 11 is 0. The highest BCUT2D eigenvalue weighted by molar-refractivity contribution is 6.29. The van der Waals surface area contributed by atoms with E-state index in [9.17, 15) is 0 Å². The lowest BCUT2D eigenvalue weighted by molar-refractivity contribution is 0.666. The van der Waals surface area contributed by atoms with Crippen LogP contribution in [0.5, 0.6) is 0 Å². The number of hydrogen-bond donors (Lipinski definition) is 0. The van der Waals surface area contributed by atoms with Gasteiger partial charge in [-0.1, -0.05) is 103 Å². The molecule has 0 spiro atoms. The van der Waals surface area contributed by atoms with Crippen LogP contribution >= 0.6 is 0 Å². The highest BCUT2D eigenvalue weighted by Gasteiger charge is 2.22. The maximum absolute atomic E-state index is 6.54.